The zero-order valence-corrected chi connectivity index (χ0v) is 18.9. The zero-order chi connectivity index (χ0) is 19.8. The summed E-state index contributed by atoms with van der Waals surface area (Å²) < 4.78 is 39.0. The molecule has 1 aliphatic heterocycles. The number of piperazine rings is 1. The molecule has 2 heterocycles. The highest BCUT2D eigenvalue weighted by Crippen LogP contribution is 2.49. The van der Waals surface area contributed by atoms with Crippen LogP contribution in [0.1, 0.15) is 24.0 Å². The molecule has 0 unspecified atom stereocenters. The van der Waals surface area contributed by atoms with Crippen LogP contribution in [0.15, 0.2) is 40.8 Å². The first-order valence-electron chi connectivity index (χ1n) is 9.24. The number of hydrogen-bond donors (Lipinski definition) is 1. The van der Waals surface area contributed by atoms with Crippen molar-refractivity contribution in [1.29, 1.82) is 0 Å². The van der Waals surface area contributed by atoms with E-state index in [4.69, 9.17) is 5.73 Å². The molecule has 1 aromatic carbocycles. The molecule has 1 aliphatic carbocycles. The third-order valence-corrected chi connectivity index (χ3v) is 6.33. The van der Waals surface area contributed by atoms with E-state index in [1.54, 1.807) is 23.6 Å². The molecule has 5 nitrogen and oxygen atoms in total. The highest BCUT2D eigenvalue weighted by atomic mass is 127. The number of thiazole rings is 1. The average molecular weight is 537 g/mol. The predicted molar refractivity (Wildman–Crippen MR) is 120 cm³/mol. The first-order valence-corrected chi connectivity index (χ1v) is 10.1. The predicted octanol–water partition coefficient (Wildman–Crippen LogP) is 3.95. The number of alkyl halides is 3. The van der Waals surface area contributed by atoms with Crippen molar-refractivity contribution in [3.05, 3.63) is 47.0 Å². The molecule has 0 spiro atoms. The smallest absolute Gasteiger partial charge is 0.370 e. The van der Waals surface area contributed by atoms with Gasteiger partial charge in [0.15, 0.2) is 11.1 Å². The van der Waals surface area contributed by atoms with Gasteiger partial charge >= 0.3 is 6.18 Å². The number of nitrogens with zero attached hydrogens (tertiary/aromatic N) is 4. The summed E-state index contributed by atoms with van der Waals surface area (Å²) in [4.78, 5) is 13.1. The number of rotatable bonds is 4. The minimum atomic E-state index is -4.33. The van der Waals surface area contributed by atoms with Crippen LogP contribution in [0, 0.1) is 0 Å². The Morgan fingerprint density at radius 3 is 2.52 bits per heavy atom. The largest absolute Gasteiger partial charge is 0.416 e. The van der Waals surface area contributed by atoms with Crippen LogP contribution in [-0.4, -0.2) is 48.6 Å². The summed E-state index contributed by atoms with van der Waals surface area (Å²) in [5, 5.41) is 2.97. The number of anilines is 1. The van der Waals surface area contributed by atoms with E-state index in [9.17, 15) is 13.2 Å². The van der Waals surface area contributed by atoms with Gasteiger partial charge in [-0.1, -0.05) is 18.2 Å². The number of halogens is 4. The van der Waals surface area contributed by atoms with Crippen LogP contribution in [0.3, 0.4) is 0 Å². The van der Waals surface area contributed by atoms with Gasteiger partial charge in [-0.25, -0.2) is 4.98 Å². The third-order valence-electron chi connectivity index (χ3n) is 5.49. The van der Waals surface area contributed by atoms with Crippen molar-refractivity contribution in [1.82, 2.24) is 9.88 Å². The summed E-state index contributed by atoms with van der Waals surface area (Å²) in [7, 11) is 0. The van der Waals surface area contributed by atoms with E-state index in [1.807, 2.05) is 10.3 Å². The van der Waals surface area contributed by atoms with Gasteiger partial charge in [0.1, 0.15) is 0 Å². The van der Waals surface area contributed by atoms with E-state index in [0.29, 0.717) is 18.1 Å². The number of hydrogen-bond acceptors (Lipinski definition) is 4. The molecule has 29 heavy (non-hydrogen) atoms. The lowest BCUT2D eigenvalue weighted by atomic mass is 9.94. The minimum absolute atomic E-state index is 0. The molecule has 0 amide bonds. The van der Waals surface area contributed by atoms with Gasteiger partial charge in [-0.05, 0) is 24.5 Å². The maximum Gasteiger partial charge on any atom is 0.416 e. The summed E-state index contributed by atoms with van der Waals surface area (Å²) >= 11 is 1.62. The quantitative estimate of drug-likeness (QED) is 0.365. The molecule has 158 valence electrons. The molecule has 1 saturated carbocycles. The normalized spacial score (nSPS) is 19.1. The van der Waals surface area contributed by atoms with Gasteiger partial charge in [-0.15, -0.1) is 35.3 Å². The molecular formula is C19H23F3IN5S. The van der Waals surface area contributed by atoms with E-state index in [0.717, 1.165) is 50.2 Å². The number of aromatic nitrogens is 1. The average Bonchev–Trinajstić information content (AvgIpc) is 3.29. The molecule has 2 N–H and O–H groups in total. The standard InChI is InChI=1S/C19H22F3N5S.HI/c20-19(21,22)15-3-1-2-14(12-15)18(4-5-18)13-25-16(23)26-7-9-27(10-8-26)17-24-6-11-28-17;/h1-3,6,11-12H,4-5,7-10,13H2,(H2,23,25);1H. The van der Waals surface area contributed by atoms with Crippen LogP contribution in [-0.2, 0) is 11.6 Å². The maximum atomic E-state index is 13.0. The van der Waals surface area contributed by atoms with Crippen LogP contribution in [0.2, 0.25) is 0 Å². The van der Waals surface area contributed by atoms with Crippen molar-refractivity contribution >= 4 is 46.4 Å². The van der Waals surface area contributed by atoms with Crippen LogP contribution >= 0.6 is 35.3 Å². The van der Waals surface area contributed by atoms with Crippen LogP contribution in [0.25, 0.3) is 0 Å². The summed E-state index contributed by atoms with van der Waals surface area (Å²) in [5.74, 6) is 0.469. The lowest BCUT2D eigenvalue weighted by Gasteiger charge is -2.35. The molecule has 0 radical (unpaired) electrons. The fraction of sp³-hybridized carbons (Fsp3) is 0.474. The van der Waals surface area contributed by atoms with E-state index in [2.05, 4.69) is 14.9 Å². The molecule has 2 aromatic rings. The summed E-state index contributed by atoms with van der Waals surface area (Å²) in [5.41, 5.74) is 5.97. The SMILES string of the molecule is I.NC(=NCC1(c2cccc(C(F)(F)F)c2)CC1)N1CCN(c2nccs2)CC1. The number of benzene rings is 1. The Morgan fingerprint density at radius 2 is 1.93 bits per heavy atom. The lowest BCUT2D eigenvalue weighted by molar-refractivity contribution is -0.137. The molecule has 2 aliphatic rings. The second-order valence-corrected chi connectivity index (χ2v) is 8.20. The minimum Gasteiger partial charge on any atom is -0.370 e. The Morgan fingerprint density at radius 1 is 1.21 bits per heavy atom. The van der Waals surface area contributed by atoms with Gasteiger partial charge in [-0.3, -0.25) is 4.99 Å². The highest BCUT2D eigenvalue weighted by Gasteiger charge is 2.45. The Labute approximate surface area is 188 Å². The first-order chi connectivity index (χ1) is 13.4. The van der Waals surface area contributed by atoms with Crippen LogP contribution in [0.4, 0.5) is 18.3 Å². The lowest BCUT2D eigenvalue weighted by Crippen LogP contribution is -2.51. The Hall–Kier alpha value is -1.56. The zero-order valence-electron chi connectivity index (χ0n) is 15.7. The summed E-state index contributed by atoms with van der Waals surface area (Å²) in [6.07, 6.45) is -0.859. The van der Waals surface area contributed by atoms with Crippen molar-refractivity contribution in [2.24, 2.45) is 10.7 Å². The molecular weight excluding hydrogens is 514 g/mol. The Kier molecular flexibility index (Phi) is 6.61. The summed E-state index contributed by atoms with van der Waals surface area (Å²) in [6, 6.07) is 5.61. The second kappa shape index (κ2) is 8.66. The van der Waals surface area contributed by atoms with E-state index < -0.39 is 11.7 Å². The van der Waals surface area contributed by atoms with Gasteiger partial charge in [-0.2, -0.15) is 13.2 Å². The highest BCUT2D eigenvalue weighted by molar-refractivity contribution is 14.0. The van der Waals surface area contributed by atoms with Gasteiger partial charge in [0, 0.05) is 43.2 Å². The van der Waals surface area contributed by atoms with E-state index in [1.165, 1.54) is 12.1 Å². The first kappa shape index (κ1) is 22.1. The van der Waals surface area contributed by atoms with Gasteiger partial charge in [0.25, 0.3) is 0 Å². The van der Waals surface area contributed by atoms with Crippen molar-refractivity contribution in [3.63, 3.8) is 0 Å². The van der Waals surface area contributed by atoms with Crippen molar-refractivity contribution in [3.8, 4) is 0 Å². The summed E-state index contributed by atoms with van der Waals surface area (Å²) in [6.45, 7) is 3.58. The van der Waals surface area contributed by atoms with Crippen molar-refractivity contribution in [2.45, 2.75) is 24.4 Å². The topological polar surface area (TPSA) is 57.8 Å². The van der Waals surface area contributed by atoms with Gasteiger partial charge in [0.2, 0.25) is 0 Å². The van der Waals surface area contributed by atoms with Gasteiger partial charge < -0.3 is 15.5 Å². The molecule has 0 bridgehead atoms. The van der Waals surface area contributed by atoms with Crippen molar-refractivity contribution in [2.75, 3.05) is 37.6 Å². The molecule has 10 heteroatoms. The molecule has 4 rings (SSSR count). The third kappa shape index (κ3) is 4.96. The molecule has 2 fully saturated rings. The molecule has 1 saturated heterocycles. The fourth-order valence-corrected chi connectivity index (χ4v) is 4.24. The van der Waals surface area contributed by atoms with Crippen LogP contribution in [0.5, 0.6) is 0 Å². The van der Waals surface area contributed by atoms with Gasteiger partial charge in [0.05, 0.1) is 12.1 Å². The van der Waals surface area contributed by atoms with Crippen molar-refractivity contribution < 1.29 is 13.2 Å². The number of aliphatic imine (C=N–C) groups is 1. The molecule has 0 atom stereocenters. The molecule has 1 aromatic heterocycles. The maximum absolute atomic E-state index is 13.0. The Balaban J connectivity index is 0.00000240. The van der Waals surface area contributed by atoms with E-state index >= 15 is 0 Å². The number of nitrogens with two attached hydrogens (primary N) is 1. The van der Waals surface area contributed by atoms with Crippen LogP contribution < -0.4 is 10.6 Å². The Bertz CT molecular complexity index is 844. The van der Waals surface area contributed by atoms with E-state index in [-0.39, 0.29) is 29.4 Å². The fourth-order valence-electron chi connectivity index (χ4n) is 3.55. The second-order valence-electron chi connectivity index (χ2n) is 7.32. The number of guanidine groups is 1. The monoisotopic (exact) mass is 537 g/mol.